The van der Waals surface area contributed by atoms with E-state index in [0.29, 0.717) is 29.1 Å². The van der Waals surface area contributed by atoms with Gasteiger partial charge in [0.2, 0.25) is 11.6 Å². The number of aromatic nitrogens is 5. The average Bonchev–Trinajstić information content (AvgIpc) is 3.65. The number of hydrogen-bond donors (Lipinski definition) is 2. The molecule has 0 saturated carbocycles. The van der Waals surface area contributed by atoms with Crippen LogP contribution in [0.3, 0.4) is 0 Å². The molecule has 2 aromatic heterocycles. The molecule has 0 atom stereocenters. The Balaban J connectivity index is 1.35. The number of hydrogen-bond acceptors (Lipinski definition) is 10. The van der Waals surface area contributed by atoms with E-state index in [9.17, 15) is 9.18 Å². The van der Waals surface area contributed by atoms with Crippen LogP contribution in [-0.4, -0.2) is 55.4 Å². The SMILES string of the molecule is Nc1nonc1-n1nnc(CN2CCCC2)c1C(=O)NN=Cc1cc(Br)ccc1OCc1cccc(F)c1. The van der Waals surface area contributed by atoms with E-state index in [4.69, 9.17) is 10.5 Å². The van der Waals surface area contributed by atoms with Crippen LogP contribution in [0.15, 0.2) is 56.7 Å². The zero-order valence-electron chi connectivity index (χ0n) is 20.0. The summed E-state index contributed by atoms with van der Waals surface area (Å²) >= 11 is 3.43. The summed E-state index contributed by atoms with van der Waals surface area (Å²) in [4.78, 5) is 15.5. The van der Waals surface area contributed by atoms with Crippen LogP contribution in [0.4, 0.5) is 10.2 Å². The first-order valence-corrected chi connectivity index (χ1v) is 12.5. The lowest BCUT2D eigenvalue weighted by atomic mass is 10.2. The van der Waals surface area contributed by atoms with Gasteiger partial charge in [0.1, 0.15) is 23.9 Å². The van der Waals surface area contributed by atoms with E-state index >= 15 is 0 Å². The zero-order valence-corrected chi connectivity index (χ0v) is 21.6. The number of carbonyl (C=O) groups is 1. The fourth-order valence-corrected chi connectivity index (χ4v) is 4.42. The Bertz CT molecular complexity index is 1470. The summed E-state index contributed by atoms with van der Waals surface area (Å²) in [5.41, 5.74) is 10.2. The second-order valence-electron chi connectivity index (χ2n) is 8.55. The zero-order chi connectivity index (χ0) is 26.5. The van der Waals surface area contributed by atoms with Crippen LogP contribution in [0.2, 0.25) is 0 Å². The van der Waals surface area contributed by atoms with Gasteiger partial charge in [-0.15, -0.1) is 5.10 Å². The molecular formula is C24H23BrFN9O3. The molecule has 0 spiro atoms. The molecule has 2 aromatic carbocycles. The Morgan fingerprint density at radius 1 is 1.24 bits per heavy atom. The van der Waals surface area contributed by atoms with Crippen LogP contribution in [0.25, 0.3) is 5.82 Å². The standard InChI is InChI=1S/C24H23BrFN9O3/c25-17-6-7-20(37-14-15-4-3-5-18(26)10-15)16(11-17)12-28-30-24(36)21-19(13-34-8-1-2-9-34)29-33-35(21)23-22(27)31-38-32-23/h3-7,10-12H,1-2,8-9,13-14H2,(H2,27,31)(H,30,36). The minimum Gasteiger partial charge on any atom is -0.488 e. The number of nitrogens with two attached hydrogens (primary N) is 1. The number of benzene rings is 2. The van der Waals surface area contributed by atoms with Gasteiger partial charge in [-0.25, -0.2) is 14.4 Å². The molecule has 1 aliphatic heterocycles. The largest absolute Gasteiger partial charge is 0.488 e. The molecule has 0 bridgehead atoms. The van der Waals surface area contributed by atoms with Gasteiger partial charge in [-0.3, -0.25) is 9.69 Å². The second-order valence-corrected chi connectivity index (χ2v) is 9.47. The smallest absolute Gasteiger partial charge is 0.292 e. The molecule has 1 aliphatic rings. The summed E-state index contributed by atoms with van der Waals surface area (Å²) in [6.45, 7) is 2.40. The first-order valence-electron chi connectivity index (χ1n) is 11.7. The third-order valence-electron chi connectivity index (χ3n) is 5.85. The molecular weight excluding hydrogens is 561 g/mol. The number of carbonyl (C=O) groups excluding carboxylic acids is 1. The topological polar surface area (TPSA) is 150 Å². The fraction of sp³-hybridized carbons (Fsp3) is 0.250. The van der Waals surface area contributed by atoms with Crippen LogP contribution >= 0.6 is 15.9 Å². The third kappa shape index (κ3) is 5.86. The first-order chi connectivity index (χ1) is 18.5. The molecule has 0 unspecified atom stereocenters. The third-order valence-corrected chi connectivity index (χ3v) is 6.34. The van der Waals surface area contributed by atoms with Gasteiger partial charge in [0.15, 0.2) is 5.69 Å². The summed E-state index contributed by atoms with van der Waals surface area (Å²) in [6, 6.07) is 11.5. The second kappa shape index (κ2) is 11.5. The predicted octanol–water partition coefficient (Wildman–Crippen LogP) is 3.07. The van der Waals surface area contributed by atoms with E-state index in [1.807, 2.05) is 6.07 Å². The molecule has 0 radical (unpaired) electrons. The molecule has 14 heteroatoms. The van der Waals surface area contributed by atoms with Gasteiger partial charge >= 0.3 is 0 Å². The first kappa shape index (κ1) is 25.5. The Morgan fingerprint density at radius 2 is 2.08 bits per heavy atom. The molecule has 3 heterocycles. The van der Waals surface area contributed by atoms with Gasteiger partial charge in [-0.2, -0.15) is 9.78 Å². The molecule has 1 amide bonds. The predicted molar refractivity (Wildman–Crippen MR) is 138 cm³/mol. The highest BCUT2D eigenvalue weighted by Crippen LogP contribution is 2.23. The number of amides is 1. The maximum atomic E-state index is 13.5. The van der Waals surface area contributed by atoms with E-state index in [1.165, 1.54) is 23.0 Å². The molecule has 5 rings (SSSR count). The van der Waals surface area contributed by atoms with Crippen molar-refractivity contribution < 1.29 is 18.6 Å². The van der Waals surface area contributed by atoms with Gasteiger partial charge in [0, 0.05) is 16.6 Å². The minimum atomic E-state index is -0.569. The quantitative estimate of drug-likeness (QED) is 0.224. The summed E-state index contributed by atoms with van der Waals surface area (Å²) in [6.07, 6.45) is 3.61. The Morgan fingerprint density at radius 3 is 2.84 bits per heavy atom. The molecule has 1 saturated heterocycles. The molecule has 0 aliphatic carbocycles. The highest BCUT2D eigenvalue weighted by atomic mass is 79.9. The van der Waals surface area contributed by atoms with Gasteiger partial charge < -0.3 is 10.5 Å². The van der Waals surface area contributed by atoms with Crippen molar-refractivity contribution >= 4 is 33.9 Å². The van der Waals surface area contributed by atoms with E-state index in [-0.39, 0.29) is 29.8 Å². The minimum absolute atomic E-state index is 0.0330. The van der Waals surface area contributed by atoms with Crippen molar-refractivity contribution in [2.24, 2.45) is 5.10 Å². The number of anilines is 1. The molecule has 4 aromatic rings. The number of nitrogens with one attached hydrogen (secondary N) is 1. The van der Waals surface area contributed by atoms with Crippen LogP contribution in [-0.2, 0) is 13.2 Å². The van der Waals surface area contributed by atoms with Crippen LogP contribution in [0, 0.1) is 5.82 Å². The van der Waals surface area contributed by atoms with E-state index in [1.54, 1.807) is 24.3 Å². The van der Waals surface area contributed by atoms with Gasteiger partial charge in [0.25, 0.3) is 5.91 Å². The van der Waals surface area contributed by atoms with Gasteiger partial charge in [-0.1, -0.05) is 33.3 Å². The summed E-state index contributed by atoms with van der Waals surface area (Å²) in [5, 5.41) is 19.7. The Hall–Kier alpha value is -4.17. The Labute approximate surface area is 224 Å². The number of hydrazone groups is 1. The lowest BCUT2D eigenvalue weighted by Gasteiger charge is -2.13. The average molecular weight is 584 g/mol. The van der Waals surface area contributed by atoms with Crippen molar-refractivity contribution in [3.8, 4) is 11.6 Å². The number of nitrogen functional groups attached to an aromatic ring is 1. The number of likely N-dealkylation sites (tertiary alicyclic amines) is 1. The van der Waals surface area contributed by atoms with Gasteiger partial charge in [0.05, 0.1) is 6.21 Å². The Kier molecular flexibility index (Phi) is 7.70. The fourth-order valence-electron chi connectivity index (χ4n) is 4.04. The van der Waals surface area contributed by atoms with Crippen molar-refractivity contribution in [2.75, 3.05) is 18.8 Å². The number of rotatable bonds is 9. The van der Waals surface area contributed by atoms with Gasteiger partial charge in [-0.05, 0) is 72.1 Å². The molecule has 12 nitrogen and oxygen atoms in total. The highest BCUT2D eigenvalue weighted by Gasteiger charge is 2.27. The van der Waals surface area contributed by atoms with Crippen LogP contribution in [0.1, 0.15) is 40.2 Å². The summed E-state index contributed by atoms with van der Waals surface area (Å²) < 4.78 is 26.0. The number of ether oxygens (including phenoxy) is 1. The molecule has 196 valence electrons. The summed E-state index contributed by atoms with van der Waals surface area (Å²) in [5.74, 6) is -0.389. The lowest BCUT2D eigenvalue weighted by Crippen LogP contribution is -2.26. The molecule has 38 heavy (non-hydrogen) atoms. The van der Waals surface area contributed by atoms with Crippen LogP contribution < -0.4 is 15.9 Å². The van der Waals surface area contributed by atoms with Crippen molar-refractivity contribution in [1.82, 2.24) is 35.6 Å². The van der Waals surface area contributed by atoms with Crippen LogP contribution in [0.5, 0.6) is 5.75 Å². The van der Waals surface area contributed by atoms with Crippen molar-refractivity contribution in [3.63, 3.8) is 0 Å². The molecule has 3 N–H and O–H groups in total. The highest BCUT2D eigenvalue weighted by molar-refractivity contribution is 9.10. The number of halogens is 2. The molecule has 1 fully saturated rings. The monoisotopic (exact) mass is 583 g/mol. The van der Waals surface area contributed by atoms with Crippen molar-refractivity contribution in [2.45, 2.75) is 26.0 Å². The van der Waals surface area contributed by atoms with E-state index in [0.717, 1.165) is 30.4 Å². The number of nitrogens with zero attached hydrogens (tertiary/aromatic N) is 7. The maximum absolute atomic E-state index is 13.5. The normalized spacial score (nSPS) is 13.8. The van der Waals surface area contributed by atoms with Crippen molar-refractivity contribution in [3.05, 3.63) is 75.3 Å². The lowest BCUT2D eigenvalue weighted by molar-refractivity contribution is 0.0945. The maximum Gasteiger partial charge on any atom is 0.292 e. The van der Waals surface area contributed by atoms with E-state index in [2.05, 4.69) is 56.6 Å². The van der Waals surface area contributed by atoms with E-state index < -0.39 is 5.91 Å². The van der Waals surface area contributed by atoms with Crippen molar-refractivity contribution in [1.29, 1.82) is 0 Å². The summed E-state index contributed by atoms with van der Waals surface area (Å²) in [7, 11) is 0.